The number of aliphatic carboxylic acids is 1. The number of carboxylic acid groups (broad SMARTS) is 1. The Hall–Kier alpha value is -1.10. The first-order chi connectivity index (χ1) is 6.54. The van der Waals surface area contributed by atoms with Gasteiger partial charge in [0.15, 0.2) is 0 Å². The van der Waals surface area contributed by atoms with Crippen LogP contribution in [0, 0.1) is 0 Å². The van der Waals surface area contributed by atoms with Gasteiger partial charge in [0, 0.05) is 26.6 Å². The van der Waals surface area contributed by atoms with Crippen LogP contribution in [0.5, 0.6) is 0 Å². The maximum absolute atomic E-state index is 11.2. The molecule has 0 saturated carbocycles. The van der Waals surface area contributed by atoms with Crippen LogP contribution < -0.4 is 0 Å². The Morgan fingerprint density at radius 2 is 2.21 bits per heavy atom. The fraction of sp³-hybridized carbons (Fsp3) is 0.778. The Balaban J connectivity index is 2.62. The molecule has 0 aromatic heterocycles. The highest BCUT2D eigenvalue weighted by Gasteiger charge is 2.34. The van der Waals surface area contributed by atoms with Gasteiger partial charge in [0.25, 0.3) is 0 Å². The molecule has 1 rings (SSSR count). The van der Waals surface area contributed by atoms with Crippen molar-refractivity contribution in [3.63, 3.8) is 0 Å². The number of carboxylic acids is 1. The number of carbonyl (C=O) groups excluding carboxylic acids is 1. The summed E-state index contributed by atoms with van der Waals surface area (Å²) in [5.74, 6) is -0.964. The van der Waals surface area contributed by atoms with Gasteiger partial charge in [0.2, 0.25) is 5.91 Å². The standard InChI is InChI=1S/C9H15NO4/c1-6(11)10-5-8(14-2)3-7(10)4-9(12)13/h7-8H,3-5H2,1-2H3,(H,12,13)/t7-,8-/m0/s1. The van der Waals surface area contributed by atoms with Crippen LogP contribution in [0.2, 0.25) is 0 Å². The van der Waals surface area contributed by atoms with E-state index in [2.05, 4.69) is 0 Å². The van der Waals surface area contributed by atoms with Crippen LogP contribution in [-0.2, 0) is 14.3 Å². The molecule has 5 heteroatoms. The van der Waals surface area contributed by atoms with Gasteiger partial charge in [0.05, 0.1) is 12.5 Å². The molecule has 2 atom stereocenters. The van der Waals surface area contributed by atoms with Crippen molar-refractivity contribution < 1.29 is 19.4 Å². The average molecular weight is 201 g/mol. The maximum Gasteiger partial charge on any atom is 0.305 e. The van der Waals surface area contributed by atoms with Gasteiger partial charge >= 0.3 is 5.97 Å². The Labute approximate surface area is 82.6 Å². The van der Waals surface area contributed by atoms with E-state index in [1.54, 1.807) is 12.0 Å². The second-order valence-corrected chi connectivity index (χ2v) is 3.52. The summed E-state index contributed by atoms with van der Waals surface area (Å²) in [7, 11) is 1.58. The fourth-order valence-electron chi connectivity index (χ4n) is 1.83. The van der Waals surface area contributed by atoms with Crippen molar-refractivity contribution in [1.29, 1.82) is 0 Å². The number of hydrogen-bond acceptors (Lipinski definition) is 3. The summed E-state index contributed by atoms with van der Waals surface area (Å²) in [6.45, 7) is 1.96. The van der Waals surface area contributed by atoms with Gasteiger partial charge in [-0.3, -0.25) is 9.59 Å². The average Bonchev–Trinajstić information content (AvgIpc) is 2.46. The predicted octanol–water partition coefficient (Wildman–Crippen LogP) is 0.0969. The molecule has 0 unspecified atom stereocenters. The number of rotatable bonds is 3. The molecule has 0 aromatic carbocycles. The van der Waals surface area contributed by atoms with Crippen LogP contribution >= 0.6 is 0 Å². The fourth-order valence-corrected chi connectivity index (χ4v) is 1.83. The summed E-state index contributed by atoms with van der Waals surface area (Å²) in [6.07, 6.45) is 0.588. The first kappa shape index (κ1) is 11.0. The molecule has 5 nitrogen and oxygen atoms in total. The molecule has 14 heavy (non-hydrogen) atoms. The summed E-state index contributed by atoms with van der Waals surface area (Å²) in [6, 6.07) is -0.213. The summed E-state index contributed by atoms with van der Waals surface area (Å²) >= 11 is 0. The van der Waals surface area contributed by atoms with Crippen molar-refractivity contribution in [2.45, 2.75) is 31.9 Å². The number of amides is 1. The van der Waals surface area contributed by atoms with Gasteiger partial charge < -0.3 is 14.7 Å². The minimum absolute atomic E-state index is 0.000556. The van der Waals surface area contributed by atoms with Gasteiger partial charge in [-0.25, -0.2) is 0 Å². The van der Waals surface area contributed by atoms with Crippen molar-refractivity contribution in [2.24, 2.45) is 0 Å². The zero-order chi connectivity index (χ0) is 10.7. The van der Waals surface area contributed by atoms with Crippen LogP contribution in [0.25, 0.3) is 0 Å². The summed E-state index contributed by atoms with van der Waals surface area (Å²) in [4.78, 5) is 23.3. The van der Waals surface area contributed by atoms with Crippen molar-refractivity contribution in [1.82, 2.24) is 4.90 Å². The Morgan fingerprint density at radius 1 is 1.57 bits per heavy atom. The van der Waals surface area contributed by atoms with Crippen LogP contribution in [0.4, 0.5) is 0 Å². The zero-order valence-electron chi connectivity index (χ0n) is 8.40. The molecule has 0 aliphatic carbocycles. The van der Waals surface area contributed by atoms with Crippen molar-refractivity contribution in [3.05, 3.63) is 0 Å². The molecule has 1 aliphatic rings. The van der Waals surface area contributed by atoms with Crippen LogP contribution in [0.1, 0.15) is 19.8 Å². The number of ether oxygens (including phenoxy) is 1. The zero-order valence-corrected chi connectivity index (χ0v) is 8.40. The highest BCUT2D eigenvalue weighted by molar-refractivity contribution is 5.75. The number of nitrogens with zero attached hydrogens (tertiary/aromatic N) is 1. The molecular weight excluding hydrogens is 186 g/mol. The van der Waals surface area contributed by atoms with E-state index in [4.69, 9.17) is 9.84 Å². The molecular formula is C9H15NO4. The minimum Gasteiger partial charge on any atom is -0.481 e. The largest absolute Gasteiger partial charge is 0.481 e. The van der Waals surface area contributed by atoms with E-state index in [9.17, 15) is 9.59 Å². The van der Waals surface area contributed by atoms with E-state index in [0.29, 0.717) is 13.0 Å². The molecule has 0 bridgehead atoms. The Bertz CT molecular complexity index is 241. The lowest BCUT2D eigenvalue weighted by molar-refractivity contribution is -0.139. The van der Waals surface area contributed by atoms with Gasteiger partial charge in [0.1, 0.15) is 0 Å². The third-order valence-corrected chi connectivity index (χ3v) is 2.52. The lowest BCUT2D eigenvalue weighted by atomic mass is 10.1. The normalized spacial score (nSPS) is 26.6. The molecule has 0 spiro atoms. The Kier molecular flexibility index (Phi) is 3.46. The van der Waals surface area contributed by atoms with E-state index in [1.165, 1.54) is 6.92 Å². The van der Waals surface area contributed by atoms with Crippen molar-refractivity contribution in [3.8, 4) is 0 Å². The molecule has 1 aliphatic heterocycles. The molecule has 80 valence electrons. The van der Waals surface area contributed by atoms with Gasteiger partial charge in [-0.15, -0.1) is 0 Å². The van der Waals surface area contributed by atoms with Crippen molar-refractivity contribution >= 4 is 11.9 Å². The highest BCUT2D eigenvalue weighted by Crippen LogP contribution is 2.22. The number of carbonyl (C=O) groups is 2. The smallest absolute Gasteiger partial charge is 0.305 e. The molecule has 0 aromatic rings. The SMILES string of the molecule is CO[C@H]1C[C@@H](CC(=O)O)N(C(C)=O)C1. The third kappa shape index (κ3) is 2.45. The third-order valence-electron chi connectivity index (χ3n) is 2.52. The van der Waals surface area contributed by atoms with E-state index in [1.807, 2.05) is 0 Å². The van der Waals surface area contributed by atoms with E-state index < -0.39 is 5.97 Å². The summed E-state index contributed by atoms with van der Waals surface area (Å²) in [5.41, 5.74) is 0. The topological polar surface area (TPSA) is 66.8 Å². The summed E-state index contributed by atoms with van der Waals surface area (Å²) in [5, 5.41) is 8.65. The Morgan fingerprint density at radius 3 is 2.64 bits per heavy atom. The number of methoxy groups -OCH3 is 1. The van der Waals surface area contributed by atoms with Gasteiger partial charge in [-0.05, 0) is 6.42 Å². The minimum atomic E-state index is -0.877. The molecule has 1 heterocycles. The molecule has 0 radical (unpaired) electrons. The lowest BCUT2D eigenvalue weighted by Crippen LogP contribution is -2.35. The molecule has 1 amide bonds. The molecule has 1 fully saturated rings. The van der Waals surface area contributed by atoms with Crippen LogP contribution in [-0.4, -0.2) is 47.7 Å². The van der Waals surface area contributed by atoms with Crippen LogP contribution in [0.3, 0.4) is 0 Å². The van der Waals surface area contributed by atoms with Crippen molar-refractivity contribution in [2.75, 3.05) is 13.7 Å². The quantitative estimate of drug-likeness (QED) is 0.703. The second-order valence-electron chi connectivity index (χ2n) is 3.52. The van der Waals surface area contributed by atoms with Gasteiger partial charge in [-0.1, -0.05) is 0 Å². The van der Waals surface area contributed by atoms with E-state index in [0.717, 1.165) is 0 Å². The first-order valence-electron chi connectivity index (χ1n) is 4.56. The highest BCUT2D eigenvalue weighted by atomic mass is 16.5. The number of hydrogen-bond donors (Lipinski definition) is 1. The summed E-state index contributed by atoms with van der Waals surface area (Å²) < 4.78 is 5.12. The second kappa shape index (κ2) is 4.41. The molecule has 1 N–H and O–H groups in total. The van der Waals surface area contributed by atoms with E-state index >= 15 is 0 Å². The lowest BCUT2D eigenvalue weighted by Gasteiger charge is -2.20. The maximum atomic E-state index is 11.2. The molecule has 1 saturated heterocycles. The monoisotopic (exact) mass is 201 g/mol. The number of likely N-dealkylation sites (tertiary alicyclic amines) is 1. The van der Waals surface area contributed by atoms with Gasteiger partial charge in [-0.2, -0.15) is 0 Å². The predicted molar refractivity (Wildman–Crippen MR) is 48.8 cm³/mol. The van der Waals surface area contributed by atoms with E-state index in [-0.39, 0.29) is 24.5 Å². The van der Waals surface area contributed by atoms with Crippen LogP contribution in [0.15, 0.2) is 0 Å². The first-order valence-corrected chi connectivity index (χ1v) is 4.56.